The van der Waals surface area contributed by atoms with Gasteiger partial charge >= 0.3 is 0 Å². The Morgan fingerprint density at radius 1 is 1.04 bits per heavy atom. The van der Waals surface area contributed by atoms with Crippen LogP contribution in [0.1, 0.15) is 28.8 Å². The van der Waals surface area contributed by atoms with Gasteiger partial charge in [0.25, 0.3) is 0 Å². The lowest BCUT2D eigenvalue weighted by atomic mass is 9.95. The minimum absolute atomic E-state index is 0.173. The van der Waals surface area contributed by atoms with Crippen LogP contribution in [0.25, 0.3) is 11.1 Å². The third-order valence-electron chi connectivity index (χ3n) is 3.81. The maximum atomic E-state index is 11.7. The van der Waals surface area contributed by atoms with Gasteiger partial charge in [0.2, 0.25) is 5.91 Å². The zero-order valence-electron chi connectivity index (χ0n) is 13.8. The van der Waals surface area contributed by atoms with E-state index in [4.69, 9.17) is 28.9 Å². The second-order valence-corrected chi connectivity index (χ2v) is 9.03. The topological polar surface area (TPSA) is 77.2 Å². The molecule has 0 atom stereocenters. The molecule has 2 rings (SSSR count). The maximum Gasteiger partial charge on any atom is 0.249 e. The molecule has 0 unspecified atom stereocenters. The van der Waals surface area contributed by atoms with Gasteiger partial charge < -0.3 is 5.73 Å². The molecule has 2 aromatic rings. The molecule has 0 saturated heterocycles. The molecule has 4 nitrogen and oxygen atoms in total. The molecule has 2 aromatic carbocycles. The highest BCUT2D eigenvalue weighted by Gasteiger charge is 2.12. The molecule has 0 spiro atoms. The first-order chi connectivity index (χ1) is 11.7. The van der Waals surface area contributed by atoms with Crippen LogP contribution in [0.4, 0.5) is 0 Å². The summed E-state index contributed by atoms with van der Waals surface area (Å²) in [6, 6.07) is 10.6. The van der Waals surface area contributed by atoms with E-state index >= 15 is 0 Å². The van der Waals surface area contributed by atoms with Crippen molar-refractivity contribution in [1.82, 2.24) is 0 Å². The average Bonchev–Trinajstić information content (AvgIpc) is 2.53. The van der Waals surface area contributed by atoms with Crippen LogP contribution in [0, 0.1) is 0 Å². The van der Waals surface area contributed by atoms with Crippen LogP contribution in [0.15, 0.2) is 36.4 Å². The van der Waals surface area contributed by atoms with E-state index in [0.29, 0.717) is 34.0 Å². The van der Waals surface area contributed by atoms with Gasteiger partial charge in [-0.25, -0.2) is 8.42 Å². The Morgan fingerprint density at radius 2 is 1.76 bits per heavy atom. The molecule has 0 fully saturated rings. The Kier molecular flexibility index (Phi) is 6.49. The summed E-state index contributed by atoms with van der Waals surface area (Å²) in [5.41, 5.74) is 8.31. The van der Waals surface area contributed by atoms with E-state index in [1.807, 2.05) is 12.1 Å². The molecule has 0 saturated carbocycles. The second kappa shape index (κ2) is 8.21. The fraction of sp³-hybridized carbons (Fsp3) is 0.278. The van der Waals surface area contributed by atoms with Crippen molar-refractivity contribution in [2.24, 2.45) is 5.73 Å². The highest BCUT2D eigenvalue weighted by Crippen LogP contribution is 2.31. The summed E-state index contributed by atoms with van der Waals surface area (Å²) in [5, 5.41) is 0.830. The van der Waals surface area contributed by atoms with Crippen molar-refractivity contribution < 1.29 is 13.2 Å². The highest BCUT2D eigenvalue weighted by atomic mass is 35.5. The molecular formula is C18H19Cl2NO3S. The van der Waals surface area contributed by atoms with Gasteiger partial charge in [0.1, 0.15) is 9.84 Å². The molecule has 1 amide bonds. The average molecular weight is 400 g/mol. The molecule has 2 N–H and O–H groups in total. The molecule has 0 heterocycles. The number of nitrogens with two attached hydrogens (primary N) is 1. The summed E-state index contributed by atoms with van der Waals surface area (Å²) in [4.78, 5) is 11.7. The number of amides is 1. The number of carbonyl (C=O) groups excluding carboxylic acids is 1. The van der Waals surface area contributed by atoms with Gasteiger partial charge in [-0.3, -0.25) is 4.79 Å². The Hall–Kier alpha value is -1.56. The predicted octanol–water partition coefficient (Wildman–Crippen LogP) is 4.13. The van der Waals surface area contributed by atoms with Gasteiger partial charge in [-0.05, 0) is 54.2 Å². The number of benzene rings is 2. The van der Waals surface area contributed by atoms with E-state index in [1.54, 1.807) is 24.3 Å². The number of hydrogen-bond donors (Lipinski definition) is 1. The maximum absolute atomic E-state index is 11.7. The molecule has 25 heavy (non-hydrogen) atoms. The lowest BCUT2D eigenvalue weighted by Gasteiger charge is -2.11. The van der Waals surface area contributed by atoms with Crippen molar-refractivity contribution in [3.8, 4) is 11.1 Å². The molecule has 0 radical (unpaired) electrons. The minimum atomic E-state index is -2.94. The summed E-state index contributed by atoms with van der Waals surface area (Å²) < 4.78 is 22.4. The molecule has 0 aliphatic heterocycles. The van der Waals surface area contributed by atoms with Gasteiger partial charge in [-0.15, -0.1) is 0 Å². The van der Waals surface area contributed by atoms with Crippen LogP contribution < -0.4 is 5.73 Å². The molecular weight excluding hydrogens is 381 g/mol. The van der Waals surface area contributed by atoms with Crippen molar-refractivity contribution in [1.29, 1.82) is 0 Å². The molecule has 0 aliphatic rings. The van der Waals surface area contributed by atoms with E-state index in [-0.39, 0.29) is 5.75 Å². The first-order valence-corrected chi connectivity index (χ1v) is 10.5. The summed E-state index contributed by atoms with van der Waals surface area (Å²) in [6.45, 7) is 0. The van der Waals surface area contributed by atoms with E-state index in [9.17, 15) is 13.2 Å². The van der Waals surface area contributed by atoms with Gasteiger partial charge in [0.15, 0.2) is 0 Å². The Bertz CT molecular complexity index is 895. The highest BCUT2D eigenvalue weighted by molar-refractivity contribution is 7.90. The van der Waals surface area contributed by atoms with Crippen molar-refractivity contribution in [2.45, 2.75) is 19.3 Å². The zero-order valence-corrected chi connectivity index (χ0v) is 16.1. The third kappa shape index (κ3) is 5.73. The molecule has 0 aromatic heterocycles. The zero-order chi connectivity index (χ0) is 18.6. The van der Waals surface area contributed by atoms with E-state index in [0.717, 1.165) is 17.5 Å². The summed E-state index contributed by atoms with van der Waals surface area (Å²) in [6.07, 6.45) is 3.28. The van der Waals surface area contributed by atoms with E-state index < -0.39 is 15.7 Å². The number of carbonyl (C=O) groups is 1. The number of unbranched alkanes of at least 4 members (excludes halogenated alkanes) is 1. The Morgan fingerprint density at radius 3 is 2.36 bits per heavy atom. The van der Waals surface area contributed by atoms with E-state index in [1.165, 1.54) is 6.26 Å². The summed E-state index contributed by atoms with van der Waals surface area (Å²) in [7, 11) is -2.94. The number of halogens is 2. The van der Waals surface area contributed by atoms with Crippen LogP contribution >= 0.6 is 23.2 Å². The fourth-order valence-electron chi connectivity index (χ4n) is 2.56. The minimum Gasteiger partial charge on any atom is -0.366 e. The van der Waals surface area contributed by atoms with Gasteiger partial charge in [-0.1, -0.05) is 41.4 Å². The number of rotatable bonds is 7. The van der Waals surface area contributed by atoms with Gasteiger partial charge in [0, 0.05) is 17.6 Å². The van der Waals surface area contributed by atoms with Crippen molar-refractivity contribution in [3.63, 3.8) is 0 Å². The Balaban J connectivity index is 2.27. The number of aryl methyl sites for hydroxylation is 1. The number of sulfone groups is 1. The van der Waals surface area contributed by atoms with Crippen LogP contribution in [0.2, 0.25) is 10.0 Å². The summed E-state index contributed by atoms with van der Waals surface area (Å²) in [5.74, 6) is -0.351. The molecule has 0 bridgehead atoms. The van der Waals surface area contributed by atoms with Crippen molar-refractivity contribution in [2.75, 3.05) is 12.0 Å². The smallest absolute Gasteiger partial charge is 0.249 e. The standard InChI is InChI=1S/C18H19Cl2NO3S/c1-25(23,24)9-3-2-4-12-5-7-14(18(21)22)15(10-12)13-6-8-16(19)17(20)11-13/h5-8,10-11H,2-4,9H2,1H3,(H2,21,22). The monoisotopic (exact) mass is 399 g/mol. The fourth-order valence-corrected chi connectivity index (χ4v) is 3.58. The first-order valence-electron chi connectivity index (χ1n) is 7.73. The first kappa shape index (κ1) is 19.8. The largest absolute Gasteiger partial charge is 0.366 e. The second-order valence-electron chi connectivity index (χ2n) is 5.96. The van der Waals surface area contributed by atoms with E-state index in [2.05, 4.69) is 0 Å². The normalized spacial score (nSPS) is 11.5. The quantitative estimate of drug-likeness (QED) is 0.710. The third-order valence-corrected chi connectivity index (χ3v) is 5.58. The molecule has 7 heteroatoms. The summed E-state index contributed by atoms with van der Waals surface area (Å²) >= 11 is 12.0. The number of primary amides is 1. The lowest BCUT2D eigenvalue weighted by molar-refractivity contribution is 0.100. The number of hydrogen-bond acceptors (Lipinski definition) is 3. The predicted molar refractivity (Wildman–Crippen MR) is 103 cm³/mol. The van der Waals surface area contributed by atoms with Crippen LogP contribution in [-0.2, 0) is 16.3 Å². The van der Waals surface area contributed by atoms with Crippen molar-refractivity contribution >= 4 is 38.9 Å². The van der Waals surface area contributed by atoms with Gasteiger partial charge in [0.05, 0.1) is 10.0 Å². The van der Waals surface area contributed by atoms with Crippen LogP contribution in [0.3, 0.4) is 0 Å². The van der Waals surface area contributed by atoms with Crippen LogP contribution in [0.5, 0.6) is 0 Å². The van der Waals surface area contributed by atoms with Crippen LogP contribution in [-0.4, -0.2) is 26.3 Å². The lowest BCUT2D eigenvalue weighted by Crippen LogP contribution is -2.12. The van der Waals surface area contributed by atoms with Gasteiger partial charge in [-0.2, -0.15) is 0 Å². The van der Waals surface area contributed by atoms with Crippen molar-refractivity contribution in [3.05, 3.63) is 57.6 Å². The Labute approximate surface area is 157 Å². The SMILES string of the molecule is CS(=O)(=O)CCCCc1ccc(C(N)=O)c(-c2ccc(Cl)c(Cl)c2)c1. The molecule has 0 aliphatic carbocycles. The molecule has 134 valence electrons.